The molecule has 7 heteroatoms. The third-order valence-electron chi connectivity index (χ3n) is 3.32. The van der Waals surface area contributed by atoms with Gasteiger partial charge in [-0.1, -0.05) is 0 Å². The van der Waals surface area contributed by atoms with E-state index in [-0.39, 0.29) is 11.9 Å². The Kier molecular flexibility index (Phi) is 2.77. The van der Waals surface area contributed by atoms with Crippen molar-refractivity contribution < 1.29 is 4.79 Å². The number of anilines is 2. The molecule has 2 aliphatic rings. The lowest BCUT2D eigenvalue weighted by Gasteiger charge is -2.24. The van der Waals surface area contributed by atoms with Crippen LogP contribution in [-0.2, 0) is 6.42 Å². The van der Waals surface area contributed by atoms with Crippen molar-refractivity contribution in [2.75, 3.05) is 30.3 Å². The standard InChI is InChI=1S/C11H15N5OS/c12-11-14-7-1-3-13-10(17)8(7)9(15-11)16-4-2-6(18)5-16/h6,18H,1-5H2,(H,13,17)(H2,12,14,15). The van der Waals surface area contributed by atoms with Gasteiger partial charge in [0.2, 0.25) is 5.95 Å². The number of thiol groups is 1. The molecule has 0 saturated carbocycles. The molecule has 1 saturated heterocycles. The second kappa shape index (κ2) is 4.31. The third kappa shape index (κ3) is 1.88. The molecule has 18 heavy (non-hydrogen) atoms. The van der Waals surface area contributed by atoms with Crippen molar-refractivity contribution in [3.63, 3.8) is 0 Å². The SMILES string of the molecule is Nc1nc2c(c(N3CCC(S)C3)n1)C(=O)NCC2. The van der Waals surface area contributed by atoms with Gasteiger partial charge in [-0.05, 0) is 6.42 Å². The summed E-state index contributed by atoms with van der Waals surface area (Å²) in [5.74, 6) is 0.793. The molecule has 3 heterocycles. The monoisotopic (exact) mass is 265 g/mol. The number of hydrogen-bond donors (Lipinski definition) is 3. The Bertz CT molecular complexity index is 506. The molecule has 1 aromatic rings. The summed E-state index contributed by atoms with van der Waals surface area (Å²) in [6, 6.07) is 0. The number of nitrogens with zero attached hydrogens (tertiary/aromatic N) is 3. The van der Waals surface area contributed by atoms with Crippen molar-refractivity contribution in [1.82, 2.24) is 15.3 Å². The Morgan fingerprint density at radius 2 is 2.28 bits per heavy atom. The van der Waals surface area contributed by atoms with Gasteiger partial charge in [0.05, 0.1) is 5.69 Å². The smallest absolute Gasteiger partial charge is 0.256 e. The number of aromatic nitrogens is 2. The van der Waals surface area contributed by atoms with E-state index in [4.69, 9.17) is 5.73 Å². The Morgan fingerprint density at radius 3 is 3.00 bits per heavy atom. The third-order valence-corrected chi connectivity index (χ3v) is 3.74. The van der Waals surface area contributed by atoms with Crippen LogP contribution < -0.4 is 16.0 Å². The van der Waals surface area contributed by atoms with Crippen LogP contribution in [0.15, 0.2) is 0 Å². The summed E-state index contributed by atoms with van der Waals surface area (Å²) < 4.78 is 0. The minimum atomic E-state index is -0.103. The van der Waals surface area contributed by atoms with Crippen LogP contribution >= 0.6 is 12.6 Å². The molecule has 3 N–H and O–H groups in total. The maximum Gasteiger partial charge on any atom is 0.256 e. The van der Waals surface area contributed by atoms with E-state index in [1.165, 1.54) is 0 Å². The highest BCUT2D eigenvalue weighted by Crippen LogP contribution is 2.28. The number of hydrogen-bond acceptors (Lipinski definition) is 6. The normalized spacial score (nSPS) is 22.8. The zero-order chi connectivity index (χ0) is 12.7. The average Bonchev–Trinajstić information content (AvgIpc) is 2.75. The van der Waals surface area contributed by atoms with Gasteiger partial charge in [-0.25, -0.2) is 4.98 Å². The summed E-state index contributed by atoms with van der Waals surface area (Å²) in [4.78, 5) is 22.5. The van der Waals surface area contributed by atoms with E-state index in [1.807, 2.05) is 0 Å². The fourth-order valence-electron chi connectivity index (χ4n) is 2.47. The molecular formula is C11H15N5OS. The first-order valence-corrected chi connectivity index (χ1v) is 6.54. The molecule has 1 unspecified atom stereocenters. The number of rotatable bonds is 1. The maximum atomic E-state index is 12.0. The molecule has 6 nitrogen and oxygen atoms in total. The van der Waals surface area contributed by atoms with E-state index in [2.05, 4.69) is 32.8 Å². The second-order valence-corrected chi connectivity index (χ2v) is 5.35. The van der Waals surface area contributed by atoms with E-state index in [0.717, 1.165) is 25.2 Å². The fraction of sp³-hybridized carbons (Fsp3) is 0.545. The average molecular weight is 265 g/mol. The number of carbonyl (C=O) groups is 1. The molecule has 0 spiro atoms. The number of carbonyl (C=O) groups excluding carboxylic acids is 1. The molecule has 0 bridgehead atoms. The van der Waals surface area contributed by atoms with Crippen LogP contribution in [0.25, 0.3) is 0 Å². The highest BCUT2D eigenvalue weighted by Gasteiger charge is 2.29. The zero-order valence-corrected chi connectivity index (χ0v) is 10.8. The predicted molar refractivity (Wildman–Crippen MR) is 72.1 cm³/mol. The first kappa shape index (κ1) is 11.6. The Morgan fingerprint density at radius 1 is 1.44 bits per heavy atom. The van der Waals surface area contributed by atoms with Crippen molar-refractivity contribution in [1.29, 1.82) is 0 Å². The molecule has 1 aromatic heterocycles. The minimum absolute atomic E-state index is 0.103. The van der Waals surface area contributed by atoms with Crippen LogP contribution in [0.4, 0.5) is 11.8 Å². The van der Waals surface area contributed by atoms with E-state index < -0.39 is 0 Å². The zero-order valence-electron chi connectivity index (χ0n) is 9.89. The van der Waals surface area contributed by atoms with Crippen LogP contribution in [-0.4, -0.2) is 40.8 Å². The van der Waals surface area contributed by atoms with Crippen molar-refractivity contribution in [3.05, 3.63) is 11.3 Å². The van der Waals surface area contributed by atoms with Gasteiger partial charge in [0.1, 0.15) is 11.4 Å². The molecule has 1 atom stereocenters. The Balaban J connectivity index is 2.07. The van der Waals surface area contributed by atoms with Gasteiger partial charge in [-0.3, -0.25) is 4.79 Å². The highest BCUT2D eigenvalue weighted by atomic mass is 32.1. The molecule has 0 radical (unpaired) electrons. The van der Waals surface area contributed by atoms with Gasteiger partial charge < -0.3 is 16.0 Å². The van der Waals surface area contributed by atoms with Gasteiger partial charge >= 0.3 is 0 Å². The molecule has 2 aliphatic heterocycles. The van der Waals surface area contributed by atoms with Crippen molar-refractivity contribution in [2.24, 2.45) is 0 Å². The van der Waals surface area contributed by atoms with Crippen LogP contribution in [0.3, 0.4) is 0 Å². The van der Waals surface area contributed by atoms with Crippen LogP contribution in [0.5, 0.6) is 0 Å². The summed E-state index contributed by atoms with van der Waals surface area (Å²) in [7, 11) is 0. The number of fused-ring (bicyclic) bond motifs is 1. The predicted octanol–water partition coefficient (Wildman–Crippen LogP) is -0.147. The molecule has 1 fully saturated rings. The van der Waals surface area contributed by atoms with E-state index in [9.17, 15) is 4.79 Å². The number of nitrogen functional groups attached to an aromatic ring is 1. The summed E-state index contributed by atoms with van der Waals surface area (Å²) >= 11 is 4.46. The first-order valence-electron chi connectivity index (χ1n) is 6.03. The first-order chi connectivity index (χ1) is 8.65. The van der Waals surface area contributed by atoms with E-state index in [0.29, 0.717) is 29.6 Å². The van der Waals surface area contributed by atoms with Crippen molar-refractivity contribution >= 4 is 30.3 Å². The van der Waals surface area contributed by atoms with Crippen molar-refractivity contribution in [2.45, 2.75) is 18.1 Å². The van der Waals surface area contributed by atoms with Gasteiger partial charge in [-0.15, -0.1) is 0 Å². The van der Waals surface area contributed by atoms with Crippen LogP contribution in [0.1, 0.15) is 22.5 Å². The maximum absolute atomic E-state index is 12.0. The number of amides is 1. The minimum Gasteiger partial charge on any atom is -0.368 e. The molecule has 96 valence electrons. The van der Waals surface area contributed by atoms with Gasteiger partial charge in [-0.2, -0.15) is 17.6 Å². The summed E-state index contributed by atoms with van der Waals surface area (Å²) in [6.07, 6.45) is 1.70. The van der Waals surface area contributed by atoms with E-state index >= 15 is 0 Å². The molecule has 3 rings (SSSR count). The number of nitrogens with one attached hydrogen (secondary N) is 1. The van der Waals surface area contributed by atoms with Gasteiger partial charge in [0.25, 0.3) is 5.91 Å². The Hall–Kier alpha value is -1.50. The lowest BCUT2D eigenvalue weighted by Crippen LogP contribution is -2.36. The molecular weight excluding hydrogens is 250 g/mol. The molecule has 1 amide bonds. The molecule has 0 aromatic carbocycles. The topological polar surface area (TPSA) is 84.1 Å². The number of nitrogens with two attached hydrogens (primary N) is 1. The van der Waals surface area contributed by atoms with Gasteiger partial charge in [0.15, 0.2) is 0 Å². The summed E-state index contributed by atoms with van der Waals surface area (Å²) in [5.41, 5.74) is 7.07. The van der Waals surface area contributed by atoms with Crippen LogP contribution in [0.2, 0.25) is 0 Å². The Labute approximate surface area is 110 Å². The fourth-order valence-corrected chi connectivity index (χ4v) is 2.78. The largest absolute Gasteiger partial charge is 0.368 e. The lowest BCUT2D eigenvalue weighted by molar-refractivity contribution is 0.0945. The molecule has 0 aliphatic carbocycles. The summed E-state index contributed by atoms with van der Waals surface area (Å²) in [5, 5.41) is 3.15. The lowest BCUT2D eigenvalue weighted by atomic mass is 10.1. The van der Waals surface area contributed by atoms with Gasteiger partial charge in [0, 0.05) is 31.3 Å². The summed E-state index contributed by atoms with van der Waals surface area (Å²) in [6.45, 7) is 2.25. The quantitative estimate of drug-likeness (QED) is 0.615. The van der Waals surface area contributed by atoms with Crippen LogP contribution in [0, 0.1) is 0 Å². The highest BCUT2D eigenvalue weighted by molar-refractivity contribution is 7.81. The van der Waals surface area contributed by atoms with E-state index in [1.54, 1.807) is 0 Å². The second-order valence-electron chi connectivity index (χ2n) is 4.62. The van der Waals surface area contributed by atoms with Crippen molar-refractivity contribution in [3.8, 4) is 0 Å².